The SMILES string of the molecule is COC1(C(=O)Nc2ccc(C)c(I)c2)CCNCC1.Cl. The fourth-order valence-corrected chi connectivity index (χ4v) is 2.79. The molecule has 0 aromatic heterocycles. The zero-order valence-corrected chi connectivity index (χ0v) is 14.6. The molecule has 0 radical (unpaired) electrons. The molecule has 1 aliphatic rings. The van der Waals surface area contributed by atoms with E-state index in [1.54, 1.807) is 7.11 Å². The van der Waals surface area contributed by atoms with Crippen molar-refractivity contribution in [2.24, 2.45) is 0 Å². The minimum Gasteiger partial charge on any atom is -0.368 e. The van der Waals surface area contributed by atoms with Gasteiger partial charge in [-0.25, -0.2) is 0 Å². The Morgan fingerprint density at radius 1 is 1.40 bits per heavy atom. The van der Waals surface area contributed by atoms with Crippen molar-refractivity contribution in [2.75, 3.05) is 25.5 Å². The number of amides is 1. The third-order valence-electron chi connectivity index (χ3n) is 3.65. The number of hydrogen-bond donors (Lipinski definition) is 2. The lowest BCUT2D eigenvalue weighted by molar-refractivity contribution is -0.140. The Morgan fingerprint density at radius 2 is 2.05 bits per heavy atom. The molecule has 0 atom stereocenters. The van der Waals surface area contributed by atoms with Crippen LogP contribution < -0.4 is 10.6 Å². The number of carbonyl (C=O) groups is 1. The Labute approximate surface area is 139 Å². The summed E-state index contributed by atoms with van der Waals surface area (Å²) in [5.41, 5.74) is 1.35. The quantitative estimate of drug-likeness (QED) is 0.754. The Kier molecular flexibility index (Phi) is 6.71. The average Bonchev–Trinajstić information content (AvgIpc) is 2.43. The van der Waals surface area contributed by atoms with Crippen LogP contribution in [0.5, 0.6) is 0 Å². The van der Waals surface area contributed by atoms with Gasteiger partial charge in [0.2, 0.25) is 0 Å². The molecule has 1 aromatic rings. The second kappa shape index (κ2) is 7.59. The third kappa shape index (κ3) is 3.84. The van der Waals surface area contributed by atoms with E-state index < -0.39 is 5.60 Å². The van der Waals surface area contributed by atoms with Crippen LogP contribution in [0.25, 0.3) is 0 Å². The van der Waals surface area contributed by atoms with Gasteiger partial charge in [-0.1, -0.05) is 6.07 Å². The Balaban J connectivity index is 0.00000200. The largest absolute Gasteiger partial charge is 0.368 e. The lowest BCUT2D eigenvalue weighted by Crippen LogP contribution is -2.51. The highest BCUT2D eigenvalue weighted by Crippen LogP contribution is 2.25. The molecule has 20 heavy (non-hydrogen) atoms. The van der Waals surface area contributed by atoms with Crippen molar-refractivity contribution in [3.63, 3.8) is 0 Å². The van der Waals surface area contributed by atoms with Gasteiger partial charge in [-0.3, -0.25) is 4.79 Å². The standard InChI is InChI=1S/C14H19IN2O2.ClH/c1-10-3-4-11(9-12(10)15)17-13(18)14(19-2)5-7-16-8-6-14;/h3-4,9,16H,5-8H2,1-2H3,(H,17,18);1H. The Bertz CT molecular complexity index is 476. The molecule has 1 fully saturated rings. The minimum absolute atomic E-state index is 0. The lowest BCUT2D eigenvalue weighted by atomic mass is 9.91. The van der Waals surface area contributed by atoms with Crippen molar-refractivity contribution < 1.29 is 9.53 Å². The van der Waals surface area contributed by atoms with Crippen LogP contribution in [0.15, 0.2) is 18.2 Å². The van der Waals surface area contributed by atoms with E-state index in [4.69, 9.17) is 4.74 Å². The molecule has 0 unspecified atom stereocenters. The predicted octanol–water partition coefficient (Wildman–Crippen LogP) is 2.73. The second-order valence-corrected chi connectivity index (χ2v) is 6.03. The summed E-state index contributed by atoms with van der Waals surface area (Å²) in [6, 6.07) is 5.93. The van der Waals surface area contributed by atoms with Gasteiger partial charge in [0.1, 0.15) is 5.60 Å². The number of aryl methyl sites for hydroxylation is 1. The summed E-state index contributed by atoms with van der Waals surface area (Å²) >= 11 is 2.27. The number of hydrogen-bond acceptors (Lipinski definition) is 3. The molecule has 1 amide bonds. The molecule has 0 bridgehead atoms. The average molecular weight is 411 g/mol. The van der Waals surface area contributed by atoms with Gasteiger partial charge in [-0.2, -0.15) is 0 Å². The maximum atomic E-state index is 12.5. The molecule has 1 heterocycles. The summed E-state index contributed by atoms with van der Waals surface area (Å²) in [6.07, 6.45) is 1.41. The van der Waals surface area contributed by atoms with Gasteiger partial charge in [-0.05, 0) is 73.1 Å². The number of nitrogens with one attached hydrogen (secondary N) is 2. The molecule has 0 spiro atoms. The Morgan fingerprint density at radius 3 is 2.60 bits per heavy atom. The van der Waals surface area contributed by atoms with Crippen LogP contribution >= 0.6 is 35.0 Å². The molecule has 2 rings (SSSR count). The van der Waals surface area contributed by atoms with Crippen LogP contribution in [0.2, 0.25) is 0 Å². The summed E-state index contributed by atoms with van der Waals surface area (Å²) in [5.74, 6) is -0.0452. The summed E-state index contributed by atoms with van der Waals surface area (Å²) in [7, 11) is 1.61. The van der Waals surface area contributed by atoms with Gasteiger partial charge in [0.15, 0.2) is 0 Å². The van der Waals surface area contributed by atoms with Crippen molar-refractivity contribution in [1.29, 1.82) is 0 Å². The predicted molar refractivity (Wildman–Crippen MR) is 91.6 cm³/mol. The summed E-state index contributed by atoms with van der Waals surface area (Å²) in [4.78, 5) is 12.5. The first kappa shape index (κ1) is 17.7. The monoisotopic (exact) mass is 410 g/mol. The number of carbonyl (C=O) groups excluding carboxylic acids is 1. The second-order valence-electron chi connectivity index (χ2n) is 4.87. The molecule has 4 nitrogen and oxygen atoms in total. The highest BCUT2D eigenvalue weighted by molar-refractivity contribution is 14.1. The van der Waals surface area contributed by atoms with Crippen LogP contribution in [-0.4, -0.2) is 31.7 Å². The fourth-order valence-electron chi connectivity index (χ4n) is 2.27. The normalized spacial score (nSPS) is 17.1. The molecular weight excluding hydrogens is 391 g/mol. The van der Waals surface area contributed by atoms with E-state index >= 15 is 0 Å². The number of piperidine rings is 1. The topological polar surface area (TPSA) is 50.4 Å². The maximum Gasteiger partial charge on any atom is 0.256 e. The third-order valence-corrected chi connectivity index (χ3v) is 4.81. The zero-order chi connectivity index (χ0) is 13.9. The van der Waals surface area contributed by atoms with E-state index in [9.17, 15) is 4.79 Å². The number of rotatable bonds is 3. The molecule has 1 aromatic carbocycles. The smallest absolute Gasteiger partial charge is 0.256 e. The number of benzene rings is 1. The molecule has 1 saturated heterocycles. The van der Waals surface area contributed by atoms with Gasteiger partial charge in [0.05, 0.1) is 0 Å². The first-order chi connectivity index (χ1) is 9.07. The minimum atomic E-state index is -0.693. The number of halogens is 2. The molecular formula is C14H20ClIN2O2. The van der Waals surface area contributed by atoms with E-state index in [0.717, 1.165) is 22.3 Å². The molecule has 1 aliphatic heterocycles. The van der Waals surface area contributed by atoms with Gasteiger partial charge in [0, 0.05) is 16.4 Å². The van der Waals surface area contributed by atoms with Crippen molar-refractivity contribution in [1.82, 2.24) is 5.32 Å². The molecule has 6 heteroatoms. The van der Waals surface area contributed by atoms with Crippen molar-refractivity contribution in [3.8, 4) is 0 Å². The number of ether oxygens (including phenoxy) is 1. The van der Waals surface area contributed by atoms with Crippen molar-refractivity contribution in [3.05, 3.63) is 27.3 Å². The molecule has 2 N–H and O–H groups in total. The van der Waals surface area contributed by atoms with Crippen molar-refractivity contribution in [2.45, 2.75) is 25.4 Å². The van der Waals surface area contributed by atoms with Gasteiger partial charge >= 0.3 is 0 Å². The lowest BCUT2D eigenvalue weighted by Gasteiger charge is -2.34. The molecule has 0 aliphatic carbocycles. The van der Waals surface area contributed by atoms with E-state index in [0.29, 0.717) is 12.8 Å². The Hall–Kier alpha value is -0.370. The van der Waals surface area contributed by atoms with E-state index in [-0.39, 0.29) is 18.3 Å². The van der Waals surface area contributed by atoms with Crippen molar-refractivity contribution >= 4 is 46.6 Å². The highest BCUT2D eigenvalue weighted by atomic mass is 127. The van der Waals surface area contributed by atoms with Gasteiger partial charge in [-0.15, -0.1) is 12.4 Å². The van der Waals surface area contributed by atoms with Crippen LogP contribution in [0.1, 0.15) is 18.4 Å². The van der Waals surface area contributed by atoms with Crippen LogP contribution in [0.3, 0.4) is 0 Å². The van der Waals surface area contributed by atoms with Gasteiger partial charge < -0.3 is 15.4 Å². The summed E-state index contributed by atoms with van der Waals surface area (Å²) in [5, 5.41) is 6.22. The van der Waals surface area contributed by atoms with Gasteiger partial charge in [0.25, 0.3) is 5.91 Å². The number of methoxy groups -OCH3 is 1. The zero-order valence-electron chi connectivity index (χ0n) is 11.7. The summed E-state index contributed by atoms with van der Waals surface area (Å²) in [6.45, 7) is 3.68. The number of anilines is 1. The summed E-state index contributed by atoms with van der Waals surface area (Å²) < 4.78 is 6.66. The molecule has 112 valence electrons. The maximum absolute atomic E-state index is 12.5. The highest BCUT2D eigenvalue weighted by Gasteiger charge is 2.39. The molecule has 0 saturated carbocycles. The van der Waals surface area contributed by atoms with E-state index in [1.165, 1.54) is 5.56 Å². The first-order valence-electron chi connectivity index (χ1n) is 6.41. The van der Waals surface area contributed by atoms with E-state index in [1.807, 2.05) is 18.2 Å². The first-order valence-corrected chi connectivity index (χ1v) is 7.49. The van der Waals surface area contributed by atoms with Crippen LogP contribution in [0.4, 0.5) is 5.69 Å². The van der Waals surface area contributed by atoms with E-state index in [2.05, 4.69) is 40.1 Å². The van der Waals surface area contributed by atoms with Crippen LogP contribution in [-0.2, 0) is 9.53 Å². The van der Waals surface area contributed by atoms with Crippen LogP contribution in [0, 0.1) is 10.5 Å². The fraction of sp³-hybridized carbons (Fsp3) is 0.500.